The van der Waals surface area contributed by atoms with Crippen molar-refractivity contribution in [2.45, 2.75) is 33.6 Å². The highest BCUT2D eigenvalue weighted by Crippen LogP contribution is 2.09. The second-order valence-corrected chi connectivity index (χ2v) is 2.20. The molecule has 1 aliphatic rings. The van der Waals surface area contributed by atoms with Crippen LogP contribution in [0.25, 0.3) is 0 Å². The molecule has 1 rings (SSSR count). The lowest BCUT2D eigenvalue weighted by atomic mass is 10.1. The fraction of sp³-hybridized carbons (Fsp3) is 0.455. The highest BCUT2D eigenvalue weighted by atomic mass is 13.9. The fourth-order valence-electron chi connectivity index (χ4n) is 0.884. The van der Waals surface area contributed by atoms with Gasteiger partial charge < -0.3 is 0 Å². The topological polar surface area (TPSA) is 0 Å². The Hall–Kier alpha value is -0.780. The van der Waals surface area contributed by atoms with E-state index in [0.717, 1.165) is 6.42 Å². The van der Waals surface area contributed by atoms with Crippen LogP contribution >= 0.6 is 0 Å². The van der Waals surface area contributed by atoms with Gasteiger partial charge in [-0.25, -0.2) is 0 Å². The van der Waals surface area contributed by atoms with E-state index in [2.05, 4.69) is 37.3 Å². The number of hydrogen-bond acceptors (Lipinski definition) is 0. The van der Waals surface area contributed by atoms with Gasteiger partial charge in [-0.05, 0) is 12.8 Å². The Balaban J connectivity index is 0.000000461. The average Bonchev–Trinajstić information content (AvgIpc) is 2.35. The highest BCUT2D eigenvalue weighted by molar-refractivity contribution is 5.22. The summed E-state index contributed by atoms with van der Waals surface area (Å²) in [5.74, 6) is 0. The van der Waals surface area contributed by atoms with Crippen LogP contribution in [0, 0.1) is 0 Å². The number of rotatable bonds is 1. The van der Waals surface area contributed by atoms with Crippen molar-refractivity contribution in [2.75, 3.05) is 0 Å². The van der Waals surface area contributed by atoms with Gasteiger partial charge in [-0.3, -0.25) is 0 Å². The molecule has 0 aromatic carbocycles. The molecule has 0 fully saturated rings. The zero-order valence-electron chi connectivity index (χ0n) is 7.80. The Bertz CT molecular complexity index is 159. The van der Waals surface area contributed by atoms with E-state index in [0.29, 0.717) is 0 Å². The summed E-state index contributed by atoms with van der Waals surface area (Å²) in [6, 6.07) is 0. The predicted octanol–water partition coefficient (Wildman–Crippen LogP) is 3.87. The molecule has 0 bridgehead atoms. The Kier molecular flexibility index (Phi) is 6.81. The van der Waals surface area contributed by atoms with Crippen molar-refractivity contribution >= 4 is 0 Å². The van der Waals surface area contributed by atoms with E-state index in [1.54, 1.807) is 0 Å². The minimum absolute atomic E-state index is 1.13. The second kappa shape index (κ2) is 7.33. The number of allylic oxidation sites excluding steroid dienone is 6. The Morgan fingerprint density at radius 1 is 1.18 bits per heavy atom. The fourth-order valence-corrected chi connectivity index (χ4v) is 0.884. The molecule has 0 radical (unpaired) electrons. The molecule has 0 amide bonds. The maximum atomic E-state index is 2.19. The van der Waals surface area contributed by atoms with Crippen LogP contribution in [0.3, 0.4) is 0 Å². The van der Waals surface area contributed by atoms with E-state index in [1.165, 1.54) is 12.0 Å². The molecule has 0 nitrogen and oxygen atoms in total. The lowest BCUT2D eigenvalue weighted by Gasteiger charge is -1.94. The summed E-state index contributed by atoms with van der Waals surface area (Å²) in [6.45, 7) is 6.19. The van der Waals surface area contributed by atoms with Crippen LogP contribution in [-0.2, 0) is 0 Å². The molecule has 0 heteroatoms. The zero-order chi connectivity index (χ0) is 8.53. The molecule has 0 aromatic heterocycles. The molecular weight excluding hydrogens is 132 g/mol. The van der Waals surface area contributed by atoms with Crippen LogP contribution in [0.2, 0.25) is 0 Å². The van der Waals surface area contributed by atoms with Crippen molar-refractivity contribution < 1.29 is 0 Å². The monoisotopic (exact) mass is 150 g/mol. The summed E-state index contributed by atoms with van der Waals surface area (Å²) in [5.41, 5.74) is 1.51. The lowest BCUT2D eigenvalue weighted by molar-refractivity contribution is 1.03. The van der Waals surface area contributed by atoms with Crippen molar-refractivity contribution in [1.82, 2.24) is 0 Å². The molecule has 0 aliphatic heterocycles. The quantitative estimate of drug-likeness (QED) is 0.532. The van der Waals surface area contributed by atoms with Crippen molar-refractivity contribution in [3.8, 4) is 0 Å². The molecule has 0 aromatic rings. The van der Waals surface area contributed by atoms with Crippen LogP contribution in [0.1, 0.15) is 33.6 Å². The summed E-state index contributed by atoms with van der Waals surface area (Å²) in [4.78, 5) is 0. The summed E-state index contributed by atoms with van der Waals surface area (Å²) in [6.07, 6.45) is 13.0. The standard InChI is InChI=1S/C9H12.C2H6/c1-2-9-7-5-3-4-6-8-9;1-2/h3-7H,2,8H2,1H3;1-2H3. The third kappa shape index (κ3) is 4.60. The molecule has 0 unspecified atom stereocenters. The van der Waals surface area contributed by atoms with E-state index < -0.39 is 0 Å². The van der Waals surface area contributed by atoms with E-state index in [9.17, 15) is 0 Å². The van der Waals surface area contributed by atoms with Gasteiger partial charge in [0.15, 0.2) is 0 Å². The molecular formula is C11H18. The van der Waals surface area contributed by atoms with E-state index >= 15 is 0 Å². The SMILES string of the molecule is CC.CCC1=CC=CC=CC1. The van der Waals surface area contributed by atoms with Crippen LogP contribution < -0.4 is 0 Å². The maximum absolute atomic E-state index is 2.19. The van der Waals surface area contributed by atoms with E-state index in [-0.39, 0.29) is 0 Å². The van der Waals surface area contributed by atoms with Crippen molar-refractivity contribution in [1.29, 1.82) is 0 Å². The van der Waals surface area contributed by atoms with Crippen molar-refractivity contribution in [3.63, 3.8) is 0 Å². The second-order valence-electron chi connectivity index (χ2n) is 2.20. The Labute approximate surface area is 70.3 Å². The van der Waals surface area contributed by atoms with Crippen molar-refractivity contribution in [3.05, 3.63) is 36.0 Å². The van der Waals surface area contributed by atoms with Crippen LogP contribution in [-0.4, -0.2) is 0 Å². The van der Waals surface area contributed by atoms with Gasteiger partial charge in [0.1, 0.15) is 0 Å². The highest BCUT2D eigenvalue weighted by Gasteiger charge is 1.89. The van der Waals surface area contributed by atoms with Gasteiger partial charge in [-0.15, -0.1) is 0 Å². The Morgan fingerprint density at radius 3 is 2.55 bits per heavy atom. The van der Waals surface area contributed by atoms with E-state index in [4.69, 9.17) is 0 Å². The Morgan fingerprint density at radius 2 is 1.91 bits per heavy atom. The average molecular weight is 150 g/mol. The first kappa shape index (κ1) is 10.2. The summed E-state index contributed by atoms with van der Waals surface area (Å²) >= 11 is 0. The van der Waals surface area contributed by atoms with Crippen LogP contribution in [0.15, 0.2) is 36.0 Å². The maximum Gasteiger partial charge on any atom is -0.0133 e. The van der Waals surface area contributed by atoms with Crippen molar-refractivity contribution in [2.24, 2.45) is 0 Å². The molecule has 0 heterocycles. The first-order chi connectivity index (χ1) is 5.43. The molecule has 1 aliphatic carbocycles. The zero-order valence-corrected chi connectivity index (χ0v) is 7.80. The van der Waals surface area contributed by atoms with Gasteiger partial charge in [-0.1, -0.05) is 56.7 Å². The smallest absolute Gasteiger partial charge is 0.0133 e. The minimum Gasteiger partial charge on any atom is -0.0805 e. The molecule has 0 spiro atoms. The molecule has 62 valence electrons. The predicted molar refractivity (Wildman–Crippen MR) is 52.6 cm³/mol. The first-order valence-electron chi connectivity index (χ1n) is 4.44. The summed E-state index contributed by atoms with van der Waals surface area (Å²) in [7, 11) is 0. The van der Waals surface area contributed by atoms with E-state index in [1.807, 2.05) is 13.8 Å². The van der Waals surface area contributed by atoms with Gasteiger partial charge in [0.2, 0.25) is 0 Å². The molecule has 0 atom stereocenters. The third-order valence-corrected chi connectivity index (χ3v) is 1.52. The summed E-state index contributed by atoms with van der Waals surface area (Å²) in [5, 5.41) is 0. The summed E-state index contributed by atoms with van der Waals surface area (Å²) < 4.78 is 0. The van der Waals surface area contributed by atoms with Gasteiger partial charge in [0.05, 0.1) is 0 Å². The van der Waals surface area contributed by atoms with Gasteiger partial charge >= 0.3 is 0 Å². The van der Waals surface area contributed by atoms with Gasteiger partial charge in [0.25, 0.3) is 0 Å². The normalized spacial score (nSPS) is 14.6. The van der Waals surface area contributed by atoms with Gasteiger partial charge in [0, 0.05) is 0 Å². The largest absolute Gasteiger partial charge is 0.0805 e. The third-order valence-electron chi connectivity index (χ3n) is 1.52. The molecule has 0 saturated carbocycles. The lowest BCUT2D eigenvalue weighted by Crippen LogP contribution is -1.74. The first-order valence-corrected chi connectivity index (χ1v) is 4.44. The van der Waals surface area contributed by atoms with Gasteiger partial charge in [-0.2, -0.15) is 0 Å². The molecule has 0 saturated heterocycles. The molecule has 0 N–H and O–H groups in total. The molecule has 11 heavy (non-hydrogen) atoms. The van der Waals surface area contributed by atoms with Crippen LogP contribution in [0.4, 0.5) is 0 Å². The number of hydrogen-bond donors (Lipinski definition) is 0. The minimum atomic E-state index is 1.13. The van der Waals surface area contributed by atoms with Crippen LogP contribution in [0.5, 0.6) is 0 Å².